The minimum absolute atomic E-state index is 0.0104. The van der Waals surface area contributed by atoms with E-state index in [1.807, 2.05) is 27.7 Å². The Balaban J connectivity index is 2.01. The van der Waals surface area contributed by atoms with Crippen LogP contribution in [0.5, 0.6) is 5.75 Å². The molecule has 1 aromatic carbocycles. The highest BCUT2D eigenvalue weighted by Gasteiger charge is 2.22. The van der Waals surface area contributed by atoms with Crippen LogP contribution in [-0.4, -0.2) is 23.0 Å². The van der Waals surface area contributed by atoms with E-state index in [0.29, 0.717) is 18.7 Å². The average molecular weight is 316 g/mol. The SMILES string of the molecule is Cc1nc(C(C)(C)C)oc1CCC(=O)N(C)c1ccc(O)cc1. The number of amides is 1. The average Bonchev–Trinajstić information content (AvgIpc) is 2.86. The number of hydrogen-bond donors (Lipinski definition) is 1. The van der Waals surface area contributed by atoms with Gasteiger partial charge in [0.15, 0.2) is 5.89 Å². The standard InChI is InChI=1S/C18H24N2O3/c1-12-15(23-17(19-12)18(2,3)4)10-11-16(22)20(5)13-6-8-14(21)9-7-13/h6-9,21H,10-11H2,1-5H3. The molecule has 124 valence electrons. The van der Waals surface area contributed by atoms with Crippen LogP contribution in [0.25, 0.3) is 0 Å². The second-order valence-corrected chi connectivity index (χ2v) is 6.75. The van der Waals surface area contributed by atoms with Gasteiger partial charge in [0.1, 0.15) is 11.5 Å². The summed E-state index contributed by atoms with van der Waals surface area (Å²) >= 11 is 0. The van der Waals surface area contributed by atoms with E-state index in [1.54, 1.807) is 36.2 Å². The lowest BCUT2D eigenvalue weighted by atomic mass is 9.97. The van der Waals surface area contributed by atoms with Gasteiger partial charge in [-0.25, -0.2) is 4.98 Å². The maximum Gasteiger partial charge on any atom is 0.227 e. The monoisotopic (exact) mass is 316 g/mol. The fourth-order valence-electron chi connectivity index (χ4n) is 2.19. The molecule has 0 fully saturated rings. The first-order valence-corrected chi connectivity index (χ1v) is 7.71. The summed E-state index contributed by atoms with van der Waals surface area (Å²) in [6.07, 6.45) is 0.868. The van der Waals surface area contributed by atoms with Crippen LogP contribution >= 0.6 is 0 Å². The first-order chi connectivity index (χ1) is 10.7. The van der Waals surface area contributed by atoms with Crippen molar-refractivity contribution in [3.05, 3.63) is 41.6 Å². The van der Waals surface area contributed by atoms with Crippen LogP contribution in [0, 0.1) is 6.92 Å². The second kappa shape index (κ2) is 6.44. The van der Waals surface area contributed by atoms with Gasteiger partial charge in [-0.15, -0.1) is 0 Å². The van der Waals surface area contributed by atoms with Gasteiger partial charge in [0.25, 0.3) is 0 Å². The number of phenols is 1. The molecule has 1 aromatic heterocycles. The highest BCUT2D eigenvalue weighted by Crippen LogP contribution is 2.25. The van der Waals surface area contributed by atoms with Gasteiger partial charge in [-0.05, 0) is 31.2 Å². The van der Waals surface area contributed by atoms with E-state index in [0.717, 1.165) is 17.1 Å². The van der Waals surface area contributed by atoms with Gasteiger partial charge in [-0.3, -0.25) is 4.79 Å². The van der Waals surface area contributed by atoms with Crippen molar-refractivity contribution >= 4 is 11.6 Å². The van der Waals surface area contributed by atoms with Crippen molar-refractivity contribution in [2.75, 3.05) is 11.9 Å². The largest absolute Gasteiger partial charge is 0.508 e. The zero-order valence-electron chi connectivity index (χ0n) is 14.4. The molecule has 0 spiro atoms. The van der Waals surface area contributed by atoms with Crippen molar-refractivity contribution in [1.29, 1.82) is 0 Å². The number of aromatic nitrogens is 1. The molecule has 5 heteroatoms. The van der Waals surface area contributed by atoms with Gasteiger partial charge in [0, 0.05) is 31.0 Å². The number of rotatable bonds is 4. The number of phenolic OH excluding ortho intramolecular Hbond substituents is 1. The van der Waals surface area contributed by atoms with Gasteiger partial charge in [-0.2, -0.15) is 0 Å². The Morgan fingerprint density at radius 3 is 2.39 bits per heavy atom. The summed E-state index contributed by atoms with van der Waals surface area (Å²) in [7, 11) is 1.72. The number of anilines is 1. The van der Waals surface area contributed by atoms with Crippen LogP contribution in [0.1, 0.15) is 44.5 Å². The molecule has 0 bridgehead atoms. The number of hydrogen-bond acceptors (Lipinski definition) is 4. The lowest BCUT2D eigenvalue weighted by molar-refractivity contribution is -0.118. The molecule has 2 aromatic rings. The van der Waals surface area contributed by atoms with Crippen molar-refractivity contribution in [3.63, 3.8) is 0 Å². The van der Waals surface area contributed by atoms with Crippen molar-refractivity contribution in [1.82, 2.24) is 4.98 Å². The Labute approximate surface area is 137 Å². The third-order valence-electron chi connectivity index (χ3n) is 3.71. The second-order valence-electron chi connectivity index (χ2n) is 6.75. The van der Waals surface area contributed by atoms with Gasteiger partial charge < -0.3 is 14.4 Å². The molecule has 2 rings (SSSR count). The quantitative estimate of drug-likeness (QED) is 0.936. The molecule has 0 saturated heterocycles. The fourth-order valence-corrected chi connectivity index (χ4v) is 2.19. The van der Waals surface area contributed by atoms with E-state index >= 15 is 0 Å². The summed E-state index contributed by atoms with van der Waals surface area (Å²) in [6, 6.07) is 6.56. The molecule has 0 unspecified atom stereocenters. The summed E-state index contributed by atoms with van der Waals surface area (Å²) in [5.41, 5.74) is 1.45. The summed E-state index contributed by atoms with van der Waals surface area (Å²) < 4.78 is 5.82. The molecule has 5 nitrogen and oxygen atoms in total. The van der Waals surface area contributed by atoms with Gasteiger partial charge in [0.2, 0.25) is 5.91 Å². The molecule has 0 atom stereocenters. The number of benzene rings is 1. The Hall–Kier alpha value is -2.30. The first-order valence-electron chi connectivity index (χ1n) is 7.71. The van der Waals surface area contributed by atoms with Gasteiger partial charge >= 0.3 is 0 Å². The Bertz CT molecular complexity index is 681. The van der Waals surface area contributed by atoms with E-state index in [9.17, 15) is 9.90 Å². The van der Waals surface area contributed by atoms with Crippen LogP contribution in [0.3, 0.4) is 0 Å². The normalized spacial score (nSPS) is 11.5. The third kappa shape index (κ3) is 4.12. The molecule has 23 heavy (non-hydrogen) atoms. The smallest absolute Gasteiger partial charge is 0.227 e. The van der Waals surface area contributed by atoms with Crippen molar-refractivity contribution in [2.45, 2.75) is 46.0 Å². The molecule has 1 N–H and O–H groups in total. The van der Waals surface area contributed by atoms with E-state index < -0.39 is 0 Å². The van der Waals surface area contributed by atoms with Crippen LogP contribution in [0.15, 0.2) is 28.7 Å². The van der Waals surface area contributed by atoms with Crippen molar-refractivity contribution in [3.8, 4) is 5.75 Å². The van der Waals surface area contributed by atoms with E-state index in [2.05, 4.69) is 4.98 Å². The molecule has 0 aliphatic carbocycles. The van der Waals surface area contributed by atoms with Crippen LogP contribution < -0.4 is 4.90 Å². The van der Waals surface area contributed by atoms with Crippen molar-refractivity contribution < 1.29 is 14.3 Å². The number of carbonyl (C=O) groups is 1. The summed E-state index contributed by atoms with van der Waals surface area (Å²) in [4.78, 5) is 18.4. The predicted octanol–water partition coefficient (Wildman–Crippen LogP) is 3.58. The van der Waals surface area contributed by atoms with E-state index in [4.69, 9.17) is 4.42 Å². The predicted molar refractivity (Wildman–Crippen MR) is 89.8 cm³/mol. The lowest BCUT2D eigenvalue weighted by Crippen LogP contribution is -2.26. The summed E-state index contributed by atoms with van der Waals surface area (Å²) in [5, 5.41) is 9.30. The van der Waals surface area contributed by atoms with Crippen LogP contribution in [0.4, 0.5) is 5.69 Å². The van der Waals surface area contributed by atoms with E-state index in [1.165, 1.54) is 0 Å². The van der Waals surface area contributed by atoms with Crippen LogP contribution in [-0.2, 0) is 16.6 Å². The highest BCUT2D eigenvalue weighted by molar-refractivity contribution is 5.92. The van der Waals surface area contributed by atoms with E-state index in [-0.39, 0.29) is 17.1 Å². The summed E-state index contributed by atoms with van der Waals surface area (Å²) in [6.45, 7) is 8.05. The molecule has 1 amide bonds. The fraction of sp³-hybridized carbons (Fsp3) is 0.444. The maximum absolute atomic E-state index is 12.3. The van der Waals surface area contributed by atoms with Gasteiger partial charge in [0.05, 0.1) is 5.69 Å². The lowest BCUT2D eigenvalue weighted by Gasteiger charge is -2.17. The third-order valence-corrected chi connectivity index (χ3v) is 3.71. The maximum atomic E-state index is 12.3. The number of aryl methyl sites for hydroxylation is 2. The number of nitrogens with zero attached hydrogens (tertiary/aromatic N) is 2. The Morgan fingerprint density at radius 1 is 1.26 bits per heavy atom. The molecule has 0 radical (unpaired) electrons. The molecule has 0 aliphatic rings. The Kier molecular flexibility index (Phi) is 4.78. The zero-order chi connectivity index (χ0) is 17.2. The minimum Gasteiger partial charge on any atom is -0.508 e. The summed E-state index contributed by atoms with van der Waals surface area (Å²) in [5.74, 6) is 1.64. The minimum atomic E-state index is -0.143. The topological polar surface area (TPSA) is 66.6 Å². The molecule has 1 heterocycles. The van der Waals surface area contributed by atoms with Gasteiger partial charge in [-0.1, -0.05) is 20.8 Å². The van der Waals surface area contributed by atoms with Crippen molar-refractivity contribution in [2.24, 2.45) is 0 Å². The first kappa shape index (κ1) is 17.1. The Morgan fingerprint density at radius 2 is 1.87 bits per heavy atom. The molecule has 0 aliphatic heterocycles. The zero-order valence-corrected chi connectivity index (χ0v) is 14.4. The number of oxazole rings is 1. The number of aromatic hydroxyl groups is 1. The highest BCUT2D eigenvalue weighted by atomic mass is 16.4. The molecule has 0 saturated carbocycles. The molecular formula is C18H24N2O3. The van der Waals surface area contributed by atoms with Crippen LogP contribution in [0.2, 0.25) is 0 Å². The number of carbonyl (C=O) groups excluding carboxylic acids is 1. The molecular weight excluding hydrogens is 292 g/mol.